The van der Waals surface area contributed by atoms with Gasteiger partial charge in [0.2, 0.25) is 0 Å². The van der Waals surface area contributed by atoms with Crippen LogP contribution in [0.25, 0.3) is 0 Å². The second-order valence-electron chi connectivity index (χ2n) is 6.72. The van der Waals surface area contributed by atoms with Crippen molar-refractivity contribution in [1.29, 1.82) is 0 Å². The summed E-state index contributed by atoms with van der Waals surface area (Å²) in [6.07, 6.45) is 4.95. The molecule has 1 N–H and O–H groups in total. The van der Waals surface area contributed by atoms with Crippen LogP contribution < -0.4 is 10.1 Å². The number of likely N-dealkylation sites (tertiary alicyclic amines) is 1. The number of nitrogens with one attached hydrogen (secondary N) is 1. The smallest absolute Gasteiger partial charge is 0.124 e. The van der Waals surface area contributed by atoms with Gasteiger partial charge in [-0.15, -0.1) is 0 Å². The zero-order chi connectivity index (χ0) is 14.7. The highest BCUT2D eigenvalue weighted by molar-refractivity contribution is 5.59. The van der Waals surface area contributed by atoms with Gasteiger partial charge in [0.15, 0.2) is 0 Å². The van der Waals surface area contributed by atoms with Crippen LogP contribution in [0.15, 0.2) is 18.2 Å². The molecule has 2 heterocycles. The molecule has 0 aromatic heterocycles. The Kier molecular flexibility index (Phi) is 4.69. The largest absolute Gasteiger partial charge is 0.493 e. The maximum atomic E-state index is 6.21. The van der Waals surface area contributed by atoms with E-state index in [0.29, 0.717) is 12.0 Å². The number of piperidine rings is 1. The van der Waals surface area contributed by atoms with Gasteiger partial charge < -0.3 is 15.0 Å². The average molecular weight is 288 g/mol. The summed E-state index contributed by atoms with van der Waals surface area (Å²) in [7, 11) is 0. The predicted octanol–water partition coefficient (Wildman–Crippen LogP) is 3.54. The zero-order valence-corrected chi connectivity index (χ0v) is 13.4. The average Bonchev–Trinajstić information content (AvgIpc) is 2.53. The highest BCUT2D eigenvalue weighted by atomic mass is 16.5. The minimum Gasteiger partial charge on any atom is -0.493 e. The molecule has 2 aliphatic heterocycles. The van der Waals surface area contributed by atoms with Crippen LogP contribution in [0.3, 0.4) is 0 Å². The Balaban J connectivity index is 1.60. The zero-order valence-electron chi connectivity index (χ0n) is 13.4. The van der Waals surface area contributed by atoms with Crippen LogP contribution in [-0.4, -0.2) is 37.2 Å². The molecule has 1 unspecified atom stereocenters. The fourth-order valence-corrected chi connectivity index (χ4v) is 3.52. The molecule has 0 amide bonds. The van der Waals surface area contributed by atoms with Crippen molar-refractivity contribution in [3.05, 3.63) is 23.8 Å². The molecule has 116 valence electrons. The molecule has 0 saturated carbocycles. The number of hydrogen-bond acceptors (Lipinski definition) is 3. The Labute approximate surface area is 128 Å². The first-order chi connectivity index (χ1) is 10.2. The van der Waals surface area contributed by atoms with Crippen LogP contribution >= 0.6 is 0 Å². The molecular weight excluding hydrogens is 260 g/mol. The number of nitrogens with zero attached hydrogens (tertiary/aromatic N) is 1. The van der Waals surface area contributed by atoms with Crippen molar-refractivity contribution < 1.29 is 4.74 Å². The SMILES string of the molecule is CC(C)N1CCCC(COc2cccc3c2CCCN3)C1. The van der Waals surface area contributed by atoms with Crippen molar-refractivity contribution in [2.75, 3.05) is 31.6 Å². The third kappa shape index (κ3) is 3.52. The van der Waals surface area contributed by atoms with E-state index in [0.717, 1.165) is 25.3 Å². The van der Waals surface area contributed by atoms with Crippen LogP contribution in [0, 0.1) is 5.92 Å². The fraction of sp³-hybridized carbons (Fsp3) is 0.667. The lowest BCUT2D eigenvalue weighted by molar-refractivity contribution is 0.107. The van der Waals surface area contributed by atoms with Gasteiger partial charge in [0.25, 0.3) is 0 Å². The maximum Gasteiger partial charge on any atom is 0.124 e. The van der Waals surface area contributed by atoms with Gasteiger partial charge in [0, 0.05) is 36.3 Å². The van der Waals surface area contributed by atoms with E-state index in [1.54, 1.807) is 0 Å². The summed E-state index contributed by atoms with van der Waals surface area (Å²) >= 11 is 0. The molecule has 3 nitrogen and oxygen atoms in total. The number of hydrogen-bond donors (Lipinski definition) is 1. The topological polar surface area (TPSA) is 24.5 Å². The van der Waals surface area contributed by atoms with Crippen molar-refractivity contribution >= 4 is 5.69 Å². The molecule has 3 heteroatoms. The van der Waals surface area contributed by atoms with E-state index >= 15 is 0 Å². The van der Waals surface area contributed by atoms with Gasteiger partial charge in [-0.2, -0.15) is 0 Å². The van der Waals surface area contributed by atoms with Crippen molar-refractivity contribution in [3.8, 4) is 5.75 Å². The minimum absolute atomic E-state index is 0.654. The second-order valence-corrected chi connectivity index (χ2v) is 6.72. The summed E-state index contributed by atoms with van der Waals surface area (Å²) in [5.41, 5.74) is 2.64. The summed E-state index contributed by atoms with van der Waals surface area (Å²) in [6.45, 7) is 8.97. The number of ether oxygens (including phenoxy) is 1. The van der Waals surface area contributed by atoms with Crippen LogP contribution in [0.2, 0.25) is 0 Å². The van der Waals surface area contributed by atoms with Gasteiger partial charge in [-0.05, 0) is 58.2 Å². The standard InChI is InChI=1S/C18H28N2O/c1-14(2)20-11-5-6-15(12-20)13-21-18-9-3-8-17-16(18)7-4-10-19-17/h3,8-9,14-15,19H,4-7,10-13H2,1-2H3. The van der Waals surface area contributed by atoms with Gasteiger partial charge in [-0.1, -0.05) is 6.07 Å². The summed E-state index contributed by atoms with van der Waals surface area (Å²) in [6, 6.07) is 7.06. The van der Waals surface area contributed by atoms with Crippen LogP contribution in [0.4, 0.5) is 5.69 Å². The van der Waals surface area contributed by atoms with Crippen molar-refractivity contribution in [2.45, 2.75) is 45.6 Å². The third-order valence-corrected chi connectivity index (χ3v) is 4.81. The van der Waals surface area contributed by atoms with Gasteiger partial charge in [-0.3, -0.25) is 0 Å². The Hall–Kier alpha value is -1.22. The van der Waals surface area contributed by atoms with Gasteiger partial charge >= 0.3 is 0 Å². The maximum absolute atomic E-state index is 6.21. The number of rotatable bonds is 4. The van der Waals surface area contributed by atoms with Crippen LogP contribution in [0.1, 0.15) is 38.7 Å². The normalized spacial score (nSPS) is 22.7. The van der Waals surface area contributed by atoms with Crippen molar-refractivity contribution in [1.82, 2.24) is 4.90 Å². The Bertz CT molecular complexity index is 472. The van der Waals surface area contributed by atoms with Crippen LogP contribution in [0.5, 0.6) is 5.75 Å². The van der Waals surface area contributed by atoms with E-state index in [2.05, 4.69) is 42.3 Å². The van der Waals surface area contributed by atoms with E-state index in [9.17, 15) is 0 Å². The van der Waals surface area contributed by atoms with Gasteiger partial charge in [0.05, 0.1) is 6.61 Å². The molecule has 3 rings (SSSR count). The summed E-state index contributed by atoms with van der Waals surface area (Å²) in [5, 5.41) is 3.47. The third-order valence-electron chi connectivity index (χ3n) is 4.81. The van der Waals surface area contributed by atoms with Gasteiger partial charge in [0.1, 0.15) is 5.75 Å². The number of benzene rings is 1. The first-order valence-electron chi connectivity index (χ1n) is 8.46. The molecule has 1 fully saturated rings. The highest BCUT2D eigenvalue weighted by Crippen LogP contribution is 2.31. The van der Waals surface area contributed by atoms with E-state index in [1.165, 1.54) is 43.6 Å². The molecule has 1 aromatic carbocycles. The van der Waals surface area contributed by atoms with E-state index in [-0.39, 0.29) is 0 Å². The van der Waals surface area contributed by atoms with Crippen LogP contribution in [-0.2, 0) is 6.42 Å². The molecule has 0 aliphatic carbocycles. The Morgan fingerprint density at radius 2 is 2.24 bits per heavy atom. The van der Waals surface area contributed by atoms with E-state index in [4.69, 9.17) is 4.74 Å². The molecule has 0 radical (unpaired) electrons. The summed E-state index contributed by atoms with van der Waals surface area (Å²) in [5.74, 6) is 1.77. The summed E-state index contributed by atoms with van der Waals surface area (Å²) in [4.78, 5) is 2.58. The fourth-order valence-electron chi connectivity index (χ4n) is 3.52. The lowest BCUT2D eigenvalue weighted by Crippen LogP contribution is -2.41. The number of fused-ring (bicyclic) bond motifs is 1. The highest BCUT2D eigenvalue weighted by Gasteiger charge is 2.22. The quantitative estimate of drug-likeness (QED) is 0.917. The first-order valence-corrected chi connectivity index (χ1v) is 8.46. The molecule has 0 bridgehead atoms. The molecule has 1 aromatic rings. The molecule has 2 aliphatic rings. The van der Waals surface area contributed by atoms with Crippen molar-refractivity contribution in [3.63, 3.8) is 0 Å². The second kappa shape index (κ2) is 6.69. The van der Waals surface area contributed by atoms with E-state index in [1.807, 2.05) is 0 Å². The molecule has 21 heavy (non-hydrogen) atoms. The molecule has 0 spiro atoms. The predicted molar refractivity (Wildman–Crippen MR) is 88.2 cm³/mol. The van der Waals surface area contributed by atoms with Gasteiger partial charge in [-0.25, -0.2) is 0 Å². The minimum atomic E-state index is 0.654. The Morgan fingerprint density at radius 3 is 3.10 bits per heavy atom. The number of anilines is 1. The summed E-state index contributed by atoms with van der Waals surface area (Å²) < 4.78 is 6.21. The van der Waals surface area contributed by atoms with E-state index < -0.39 is 0 Å². The monoisotopic (exact) mass is 288 g/mol. The molecule has 1 atom stereocenters. The lowest BCUT2D eigenvalue weighted by Gasteiger charge is -2.35. The molecular formula is C18H28N2O. The Morgan fingerprint density at radius 1 is 1.33 bits per heavy atom. The first kappa shape index (κ1) is 14.7. The van der Waals surface area contributed by atoms with Crippen molar-refractivity contribution in [2.24, 2.45) is 5.92 Å². The molecule has 1 saturated heterocycles. The lowest BCUT2D eigenvalue weighted by atomic mass is 9.97.